The second-order valence-corrected chi connectivity index (χ2v) is 7.95. The SMILES string of the molecule is O=c1c2ccccc2nc(C2CCCN2CC2(O)COCCOC2)n1CC(F)(F)F. The highest BCUT2D eigenvalue weighted by molar-refractivity contribution is 5.77. The van der Waals surface area contributed by atoms with Crippen molar-refractivity contribution in [3.05, 3.63) is 40.4 Å². The topological polar surface area (TPSA) is 76.8 Å². The molecule has 1 unspecified atom stereocenters. The largest absolute Gasteiger partial charge is 0.406 e. The van der Waals surface area contributed by atoms with Gasteiger partial charge in [-0.05, 0) is 31.5 Å². The molecular weight excluding hydrogens is 403 g/mol. The van der Waals surface area contributed by atoms with E-state index >= 15 is 0 Å². The Hall–Kier alpha value is -2.01. The van der Waals surface area contributed by atoms with Crippen LogP contribution in [0.15, 0.2) is 29.1 Å². The van der Waals surface area contributed by atoms with Crippen LogP contribution in [0.3, 0.4) is 0 Å². The van der Waals surface area contributed by atoms with Crippen molar-refractivity contribution in [1.29, 1.82) is 0 Å². The zero-order valence-corrected chi connectivity index (χ0v) is 16.4. The summed E-state index contributed by atoms with van der Waals surface area (Å²) in [5.41, 5.74) is -1.62. The lowest BCUT2D eigenvalue weighted by Gasteiger charge is -2.34. The zero-order valence-electron chi connectivity index (χ0n) is 16.4. The van der Waals surface area contributed by atoms with E-state index in [1.54, 1.807) is 18.2 Å². The number of ether oxygens (including phenoxy) is 2. The number of para-hydroxylation sites is 1. The average molecular weight is 427 g/mol. The third kappa shape index (κ3) is 4.51. The summed E-state index contributed by atoms with van der Waals surface area (Å²) >= 11 is 0. The highest BCUT2D eigenvalue weighted by atomic mass is 19.4. The maximum absolute atomic E-state index is 13.3. The van der Waals surface area contributed by atoms with Crippen LogP contribution in [0.25, 0.3) is 10.9 Å². The van der Waals surface area contributed by atoms with Gasteiger partial charge in [0.15, 0.2) is 0 Å². The summed E-state index contributed by atoms with van der Waals surface area (Å²) in [6, 6.07) is 5.89. The predicted molar refractivity (Wildman–Crippen MR) is 102 cm³/mol. The van der Waals surface area contributed by atoms with Crippen LogP contribution in [-0.2, 0) is 16.0 Å². The average Bonchev–Trinajstić information content (AvgIpc) is 3.02. The highest BCUT2D eigenvalue weighted by Crippen LogP contribution is 2.33. The standard InChI is InChI=1S/C20H24F3N3O4/c21-20(22,23)11-26-17(24-15-5-2-1-4-14(15)18(26)27)16-6-3-7-25(16)10-19(28)12-29-8-9-30-13-19/h1-2,4-5,16,28H,3,6-13H2. The van der Waals surface area contributed by atoms with Crippen molar-refractivity contribution >= 4 is 10.9 Å². The van der Waals surface area contributed by atoms with Crippen molar-refractivity contribution in [2.75, 3.05) is 39.5 Å². The molecule has 30 heavy (non-hydrogen) atoms. The molecule has 0 spiro atoms. The summed E-state index contributed by atoms with van der Waals surface area (Å²) in [7, 11) is 0. The van der Waals surface area contributed by atoms with Crippen molar-refractivity contribution in [3.63, 3.8) is 0 Å². The molecule has 0 saturated carbocycles. The smallest absolute Gasteiger partial charge is 0.384 e. The third-order valence-corrected chi connectivity index (χ3v) is 5.50. The van der Waals surface area contributed by atoms with E-state index in [0.717, 1.165) is 11.0 Å². The molecule has 1 N–H and O–H groups in total. The number of aromatic nitrogens is 2. The van der Waals surface area contributed by atoms with Crippen LogP contribution in [0.2, 0.25) is 0 Å². The molecule has 3 heterocycles. The number of aliphatic hydroxyl groups is 1. The second kappa shape index (κ2) is 8.26. The van der Waals surface area contributed by atoms with Gasteiger partial charge in [-0.15, -0.1) is 0 Å². The summed E-state index contributed by atoms with van der Waals surface area (Å²) < 4.78 is 51.4. The Labute approximate surface area is 171 Å². The quantitative estimate of drug-likeness (QED) is 0.803. The molecule has 0 radical (unpaired) electrons. The number of halogens is 3. The number of alkyl halides is 3. The molecular formula is C20H24F3N3O4. The van der Waals surface area contributed by atoms with Gasteiger partial charge in [-0.25, -0.2) is 4.98 Å². The van der Waals surface area contributed by atoms with Gasteiger partial charge in [0.05, 0.1) is 43.4 Å². The van der Waals surface area contributed by atoms with E-state index in [-0.39, 0.29) is 31.0 Å². The van der Waals surface area contributed by atoms with E-state index < -0.39 is 29.9 Å². The normalized spacial score (nSPS) is 23.0. The molecule has 1 aromatic heterocycles. The molecule has 7 nitrogen and oxygen atoms in total. The predicted octanol–water partition coefficient (Wildman–Crippen LogP) is 1.87. The molecule has 2 aliphatic rings. The minimum atomic E-state index is -4.56. The van der Waals surface area contributed by atoms with Crippen LogP contribution in [0, 0.1) is 0 Å². The van der Waals surface area contributed by atoms with Crippen LogP contribution in [0.1, 0.15) is 24.7 Å². The Kier molecular flexibility index (Phi) is 5.84. The molecule has 2 aromatic rings. The molecule has 0 amide bonds. The fourth-order valence-corrected chi connectivity index (χ4v) is 4.23. The lowest BCUT2D eigenvalue weighted by atomic mass is 10.1. The molecule has 0 aliphatic carbocycles. The minimum Gasteiger partial charge on any atom is -0.384 e. The van der Waals surface area contributed by atoms with Gasteiger partial charge in [0, 0.05) is 6.54 Å². The van der Waals surface area contributed by atoms with Crippen molar-refractivity contribution in [2.24, 2.45) is 0 Å². The first-order chi connectivity index (χ1) is 14.3. The lowest BCUT2D eigenvalue weighted by Crippen LogP contribution is -2.49. The summed E-state index contributed by atoms with van der Waals surface area (Å²) in [6.07, 6.45) is -3.30. The fraction of sp³-hybridized carbons (Fsp3) is 0.600. The number of likely N-dealkylation sites (tertiary alicyclic amines) is 1. The van der Waals surface area contributed by atoms with Crippen molar-refractivity contribution in [3.8, 4) is 0 Å². The lowest BCUT2D eigenvalue weighted by molar-refractivity contribution is -0.142. The zero-order chi connectivity index (χ0) is 21.4. The summed E-state index contributed by atoms with van der Waals surface area (Å²) in [5.74, 6) is 0.0765. The van der Waals surface area contributed by atoms with Gasteiger partial charge in [-0.3, -0.25) is 14.3 Å². The number of β-amino-alcohol motifs (C(OH)–C–C–N with tert-alkyl or cyclic N) is 1. The fourth-order valence-electron chi connectivity index (χ4n) is 4.23. The second-order valence-electron chi connectivity index (χ2n) is 7.95. The number of nitrogens with zero attached hydrogens (tertiary/aromatic N) is 3. The first-order valence-electron chi connectivity index (χ1n) is 9.94. The molecule has 10 heteroatoms. The summed E-state index contributed by atoms with van der Waals surface area (Å²) in [5, 5.41) is 11.0. The Morgan fingerprint density at radius 2 is 1.90 bits per heavy atom. The molecule has 1 aromatic carbocycles. The van der Waals surface area contributed by atoms with E-state index in [1.165, 1.54) is 6.07 Å². The number of fused-ring (bicyclic) bond motifs is 1. The molecule has 2 fully saturated rings. The maximum atomic E-state index is 13.3. The van der Waals surface area contributed by atoms with Crippen LogP contribution >= 0.6 is 0 Å². The van der Waals surface area contributed by atoms with Crippen LogP contribution in [0.4, 0.5) is 13.2 Å². The van der Waals surface area contributed by atoms with Gasteiger partial charge in [0.2, 0.25) is 0 Å². The minimum absolute atomic E-state index is 0.0765. The van der Waals surface area contributed by atoms with E-state index in [4.69, 9.17) is 9.47 Å². The summed E-state index contributed by atoms with van der Waals surface area (Å²) in [6.45, 7) is 0.244. The van der Waals surface area contributed by atoms with E-state index in [2.05, 4.69) is 4.98 Å². The van der Waals surface area contributed by atoms with Crippen molar-refractivity contribution in [2.45, 2.75) is 37.2 Å². The van der Waals surface area contributed by atoms with Gasteiger partial charge in [-0.2, -0.15) is 13.2 Å². The van der Waals surface area contributed by atoms with Crippen molar-refractivity contribution < 1.29 is 27.8 Å². The van der Waals surface area contributed by atoms with Gasteiger partial charge in [-0.1, -0.05) is 12.1 Å². The van der Waals surface area contributed by atoms with E-state index in [0.29, 0.717) is 31.7 Å². The Morgan fingerprint density at radius 3 is 2.60 bits per heavy atom. The van der Waals surface area contributed by atoms with Crippen LogP contribution in [0.5, 0.6) is 0 Å². The van der Waals surface area contributed by atoms with Gasteiger partial charge in [0.1, 0.15) is 18.0 Å². The van der Waals surface area contributed by atoms with E-state index in [9.17, 15) is 23.1 Å². The maximum Gasteiger partial charge on any atom is 0.406 e. The highest BCUT2D eigenvalue weighted by Gasteiger charge is 2.39. The number of hydrogen-bond donors (Lipinski definition) is 1. The van der Waals surface area contributed by atoms with Crippen LogP contribution < -0.4 is 5.56 Å². The molecule has 0 bridgehead atoms. The number of benzene rings is 1. The molecule has 2 aliphatic heterocycles. The third-order valence-electron chi connectivity index (χ3n) is 5.50. The summed E-state index contributed by atoms with van der Waals surface area (Å²) in [4.78, 5) is 19.2. The molecule has 4 rings (SSSR count). The number of rotatable bonds is 4. The van der Waals surface area contributed by atoms with Gasteiger partial charge < -0.3 is 14.6 Å². The Morgan fingerprint density at radius 1 is 1.20 bits per heavy atom. The van der Waals surface area contributed by atoms with Gasteiger partial charge in [0.25, 0.3) is 5.56 Å². The first kappa shape index (κ1) is 21.2. The molecule has 2 saturated heterocycles. The first-order valence-corrected chi connectivity index (χ1v) is 9.94. The molecule has 1 atom stereocenters. The molecule has 164 valence electrons. The Bertz CT molecular complexity index is 954. The van der Waals surface area contributed by atoms with E-state index in [1.807, 2.05) is 4.90 Å². The monoisotopic (exact) mass is 427 g/mol. The van der Waals surface area contributed by atoms with Crippen LogP contribution in [-0.4, -0.2) is 70.9 Å². The number of hydrogen-bond acceptors (Lipinski definition) is 6. The van der Waals surface area contributed by atoms with Gasteiger partial charge >= 0.3 is 6.18 Å². The van der Waals surface area contributed by atoms with Crippen molar-refractivity contribution in [1.82, 2.24) is 14.5 Å². The Balaban J connectivity index is 1.73.